The van der Waals surface area contributed by atoms with Crippen molar-refractivity contribution in [2.24, 2.45) is 0 Å². The summed E-state index contributed by atoms with van der Waals surface area (Å²) in [6, 6.07) is 21.6. The second-order valence-electron chi connectivity index (χ2n) is 8.79. The molecule has 0 aliphatic rings. The Morgan fingerprint density at radius 1 is 0.800 bits per heavy atom. The number of esters is 1. The van der Waals surface area contributed by atoms with E-state index < -0.39 is 30.0 Å². The summed E-state index contributed by atoms with van der Waals surface area (Å²) in [5, 5.41) is 5.60. The Morgan fingerprint density at radius 3 is 1.89 bits per heavy atom. The standard InChI is InChI=1S/C27H29N3O5/c1-27(2,3)35-24(31)18-34-23-15-21(25(32)28-16-19-10-6-4-7-11-19)14-22(30-23)26(33)29-17-20-12-8-5-9-13-20/h4-15H,16-18H2,1-3H3,(H,28,32)(H,29,33). The van der Waals surface area contributed by atoms with Gasteiger partial charge < -0.3 is 20.1 Å². The number of aromatic nitrogens is 1. The Balaban J connectivity index is 1.75. The number of nitrogens with one attached hydrogen (secondary N) is 2. The van der Waals surface area contributed by atoms with Crippen LogP contribution in [-0.2, 0) is 22.6 Å². The maximum atomic E-state index is 12.8. The predicted molar refractivity (Wildman–Crippen MR) is 131 cm³/mol. The van der Waals surface area contributed by atoms with E-state index in [2.05, 4.69) is 15.6 Å². The maximum Gasteiger partial charge on any atom is 0.344 e. The highest BCUT2D eigenvalue weighted by atomic mass is 16.6. The lowest BCUT2D eigenvalue weighted by Crippen LogP contribution is -2.28. The van der Waals surface area contributed by atoms with E-state index >= 15 is 0 Å². The smallest absolute Gasteiger partial charge is 0.344 e. The van der Waals surface area contributed by atoms with Gasteiger partial charge >= 0.3 is 5.97 Å². The molecule has 2 N–H and O–H groups in total. The number of nitrogens with zero attached hydrogens (tertiary/aromatic N) is 1. The molecule has 8 nitrogen and oxygen atoms in total. The molecule has 0 spiro atoms. The largest absolute Gasteiger partial charge is 0.466 e. The van der Waals surface area contributed by atoms with Gasteiger partial charge in [-0.05, 0) is 38.0 Å². The van der Waals surface area contributed by atoms with Gasteiger partial charge in [0.15, 0.2) is 6.61 Å². The molecule has 0 fully saturated rings. The van der Waals surface area contributed by atoms with E-state index in [1.54, 1.807) is 20.8 Å². The number of carbonyl (C=O) groups excluding carboxylic acids is 3. The van der Waals surface area contributed by atoms with Gasteiger partial charge in [0.25, 0.3) is 11.8 Å². The summed E-state index contributed by atoms with van der Waals surface area (Å²) in [5.74, 6) is -1.51. The van der Waals surface area contributed by atoms with E-state index in [1.807, 2.05) is 60.7 Å². The molecule has 35 heavy (non-hydrogen) atoms. The third kappa shape index (κ3) is 8.58. The van der Waals surface area contributed by atoms with Gasteiger partial charge in [0, 0.05) is 24.7 Å². The Hall–Kier alpha value is -4.20. The van der Waals surface area contributed by atoms with Gasteiger partial charge in [-0.15, -0.1) is 0 Å². The van der Waals surface area contributed by atoms with Gasteiger partial charge in [-0.2, -0.15) is 0 Å². The molecule has 0 unspecified atom stereocenters. The molecule has 8 heteroatoms. The third-order valence-electron chi connectivity index (χ3n) is 4.65. The second-order valence-corrected chi connectivity index (χ2v) is 8.79. The molecule has 0 saturated carbocycles. The molecule has 2 amide bonds. The number of ether oxygens (including phenoxy) is 2. The maximum absolute atomic E-state index is 12.8. The number of pyridine rings is 1. The molecule has 0 atom stereocenters. The van der Waals surface area contributed by atoms with E-state index in [4.69, 9.17) is 9.47 Å². The van der Waals surface area contributed by atoms with E-state index in [-0.39, 0.29) is 17.1 Å². The van der Waals surface area contributed by atoms with Crippen molar-refractivity contribution < 1.29 is 23.9 Å². The molecule has 0 aliphatic heterocycles. The zero-order chi connectivity index (χ0) is 25.3. The first-order valence-electron chi connectivity index (χ1n) is 11.2. The van der Waals surface area contributed by atoms with Crippen molar-refractivity contribution in [1.29, 1.82) is 0 Å². The Kier molecular flexibility index (Phi) is 8.56. The van der Waals surface area contributed by atoms with Crippen LogP contribution in [-0.4, -0.2) is 35.0 Å². The van der Waals surface area contributed by atoms with Crippen LogP contribution in [0.25, 0.3) is 0 Å². The fourth-order valence-corrected chi connectivity index (χ4v) is 3.08. The molecule has 0 bridgehead atoms. The number of carbonyl (C=O) groups is 3. The van der Waals surface area contributed by atoms with E-state index in [0.717, 1.165) is 11.1 Å². The molecule has 0 aliphatic carbocycles. The van der Waals surface area contributed by atoms with Gasteiger partial charge in [0.05, 0.1) is 0 Å². The van der Waals surface area contributed by atoms with Crippen molar-refractivity contribution in [3.05, 3.63) is 95.2 Å². The lowest BCUT2D eigenvalue weighted by atomic mass is 10.1. The minimum Gasteiger partial charge on any atom is -0.466 e. The van der Waals surface area contributed by atoms with Crippen LogP contribution in [0.1, 0.15) is 52.7 Å². The summed E-state index contributed by atoms with van der Waals surface area (Å²) in [5.41, 5.74) is 1.35. The first-order chi connectivity index (χ1) is 16.7. The SMILES string of the molecule is CC(C)(C)OC(=O)COc1cc(C(=O)NCc2ccccc2)cc(C(=O)NCc2ccccc2)n1. The number of rotatable bonds is 9. The summed E-state index contributed by atoms with van der Waals surface area (Å²) in [7, 11) is 0. The highest BCUT2D eigenvalue weighted by molar-refractivity contribution is 5.98. The highest BCUT2D eigenvalue weighted by Crippen LogP contribution is 2.15. The van der Waals surface area contributed by atoms with E-state index in [1.165, 1.54) is 12.1 Å². The minimum atomic E-state index is -0.671. The molecule has 1 heterocycles. The molecular formula is C27H29N3O5. The van der Waals surface area contributed by atoms with Crippen LogP contribution in [0, 0.1) is 0 Å². The van der Waals surface area contributed by atoms with Crippen LogP contribution in [0.3, 0.4) is 0 Å². The summed E-state index contributed by atoms with van der Waals surface area (Å²) >= 11 is 0. The topological polar surface area (TPSA) is 107 Å². The molecule has 0 radical (unpaired) electrons. The van der Waals surface area contributed by atoms with Gasteiger partial charge in [0.2, 0.25) is 5.88 Å². The first-order valence-corrected chi connectivity index (χ1v) is 11.2. The average molecular weight is 476 g/mol. The van der Waals surface area contributed by atoms with Crippen LogP contribution >= 0.6 is 0 Å². The number of hydrogen-bond donors (Lipinski definition) is 2. The van der Waals surface area contributed by atoms with Crippen molar-refractivity contribution in [3.63, 3.8) is 0 Å². The summed E-state index contributed by atoms with van der Waals surface area (Å²) in [4.78, 5) is 41.9. The third-order valence-corrected chi connectivity index (χ3v) is 4.65. The fraction of sp³-hybridized carbons (Fsp3) is 0.259. The van der Waals surface area contributed by atoms with Crippen molar-refractivity contribution in [3.8, 4) is 5.88 Å². The second kappa shape index (κ2) is 11.8. The van der Waals surface area contributed by atoms with Crippen molar-refractivity contribution >= 4 is 17.8 Å². The van der Waals surface area contributed by atoms with Crippen molar-refractivity contribution in [2.75, 3.05) is 6.61 Å². The molecule has 182 valence electrons. The van der Waals surface area contributed by atoms with E-state index in [0.29, 0.717) is 13.1 Å². The quantitative estimate of drug-likeness (QED) is 0.458. The van der Waals surface area contributed by atoms with E-state index in [9.17, 15) is 14.4 Å². The van der Waals surface area contributed by atoms with Crippen LogP contribution in [0.4, 0.5) is 0 Å². The molecule has 1 aromatic heterocycles. The highest BCUT2D eigenvalue weighted by Gasteiger charge is 2.19. The normalized spacial score (nSPS) is 10.8. The lowest BCUT2D eigenvalue weighted by Gasteiger charge is -2.19. The monoisotopic (exact) mass is 475 g/mol. The average Bonchev–Trinajstić information content (AvgIpc) is 2.84. The van der Waals surface area contributed by atoms with Crippen LogP contribution < -0.4 is 15.4 Å². The minimum absolute atomic E-state index is 0.00696. The molecule has 2 aromatic carbocycles. The van der Waals surface area contributed by atoms with Crippen LogP contribution in [0.2, 0.25) is 0 Å². The number of benzene rings is 2. The number of hydrogen-bond acceptors (Lipinski definition) is 6. The van der Waals surface area contributed by atoms with Crippen LogP contribution in [0.15, 0.2) is 72.8 Å². The van der Waals surface area contributed by atoms with Gasteiger partial charge in [-0.1, -0.05) is 60.7 Å². The summed E-state index contributed by atoms with van der Waals surface area (Å²) in [6.07, 6.45) is 0. The van der Waals surface area contributed by atoms with Crippen LogP contribution in [0.5, 0.6) is 5.88 Å². The van der Waals surface area contributed by atoms with Gasteiger partial charge in [-0.25, -0.2) is 9.78 Å². The lowest BCUT2D eigenvalue weighted by molar-refractivity contribution is -0.157. The zero-order valence-corrected chi connectivity index (χ0v) is 20.0. The van der Waals surface area contributed by atoms with Gasteiger partial charge in [-0.3, -0.25) is 9.59 Å². The summed E-state index contributed by atoms with van der Waals surface area (Å²) < 4.78 is 10.7. The zero-order valence-electron chi connectivity index (χ0n) is 20.0. The molecule has 0 saturated heterocycles. The Morgan fingerprint density at radius 2 is 1.34 bits per heavy atom. The number of amides is 2. The van der Waals surface area contributed by atoms with Gasteiger partial charge in [0.1, 0.15) is 11.3 Å². The Labute approximate surface area is 204 Å². The first kappa shape index (κ1) is 25.4. The van der Waals surface area contributed by atoms with Crippen molar-refractivity contribution in [1.82, 2.24) is 15.6 Å². The molecular weight excluding hydrogens is 446 g/mol. The molecule has 3 aromatic rings. The van der Waals surface area contributed by atoms with Crippen molar-refractivity contribution in [2.45, 2.75) is 39.5 Å². The Bertz CT molecular complexity index is 1080. The summed E-state index contributed by atoms with van der Waals surface area (Å²) in [6.45, 7) is 5.43. The molecule has 3 rings (SSSR count). The predicted octanol–water partition coefficient (Wildman–Crippen LogP) is 3.66. The fourth-order valence-electron chi connectivity index (χ4n) is 3.08.